The van der Waals surface area contributed by atoms with Crippen LogP contribution in [-0.4, -0.2) is 23.6 Å². The van der Waals surface area contributed by atoms with E-state index in [9.17, 15) is 0 Å². The number of hydrogen-bond donors (Lipinski definition) is 2. The number of aromatic nitrogens is 2. The SMILES string of the molecule is CCNc1cc(Nc2ccccc2COC)ncn1. The van der Waals surface area contributed by atoms with E-state index >= 15 is 0 Å². The molecule has 0 saturated heterocycles. The number of rotatable bonds is 6. The van der Waals surface area contributed by atoms with Gasteiger partial charge in [0.05, 0.1) is 6.61 Å². The molecule has 0 radical (unpaired) electrons. The molecule has 0 unspecified atom stereocenters. The lowest BCUT2D eigenvalue weighted by Gasteiger charge is -2.11. The van der Waals surface area contributed by atoms with Gasteiger partial charge in [-0.25, -0.2) is 9.97 Å². The topological polar surface area (TPSA) is 59.1 Å². The van der Waals surface area contributed by atoms with Gasteiger partial charge in [-0.1, -0.05) is 18.2 Å². The van der Waals surface area contributed by atoms with E-state index in [2.05, 4.69) is 20.6 Å². The highest BCUT2D eigenvalue weighted by molar-refractivity contribution is 5.62. The van der Waals surface area contributed by atoms with Gasteiger partial charge in [-0.2, -0.15) is 0 Å². The second kappa shape index (κ2) is 6.70. The molecule has 0 fully saturated rings. The Morgan fingerprint density at radius 1 is 1.16 bits per heavy atom. The van der Waals surface area contributed by atoms with Crippen LogP contribution in [0, 0.1) is 0 Å². The second-order valence-corrected chi connectivity index (χ2v) is 4.03. The quantitative estimate of drug-likeness (QED) is 0.834. The van der Waals surface area contributed by atoms with E-state index in [1.165, 1.54) is 0 Å². The highest BCUT2D eigenvalue weighted by Gasteiger charge is 2.03. The number of ether oxygens (including phenoxy) is 1. The first-order valence-electron chi connectivity index (χ1n) is 6.23. The molecule has 0 aliphatic carbocycles. The van der Waals surface area contributed by atoms with Crippen molar-refractivity contribution in [2.45, 2.75) is 13.5 Å². The van der Waals surface area contributed by atoms with Crippen molar-refractivity contribution in [3.8, 4) is 0 Å². The van der Waals surface area contributed by atoms with Gasteiger partial charge in [-0.3, -0.25) is 0 Å². The van der Waals surface area contributed by atoms with Crippen molar-refractivity contribution < 1.29 is 4.74 Å². The minimum Gasteiger partial charge on any atom is -0.380 e. The first-order valence-corrected chi connectivity index (χ1v) is 6.23. The Bertz CT molecular complexity index is 530. The molecule has 2 rings (SSSR count). The predicted octanol–water partition coefficient (Wildman–Crippen LogP) is 2.80. The standard InChI is InChI=1S/C14H18N4O/c1-3-15-13-8-14(17-10-16-13)18-12-7-5-4-6-11(12)9-19-2/h4-8,10H,3,9H2,1-2H3,(H2,15,16,17,18). The molecule has 1 aromatic carbocycles. The van der Waals surface area contributed by atoms with Crippen molar-refractivity contribution in [3.05, 3.63) is 42.2 Å². The zero-order valence-corrected chi connectivity index (χ0v) is 11.2. The van der Waals surface area contributed by atoms with E-state index in [0.717, 1.165) is 29.4 Å². The highest BCUT2D eigenvalue weighted by Crippen LogP contribution is 2.21. The maximum absolute atomic E-state index is 5.18. The van der Waals surface area contributed by atoms with Crippen LogP contribution in [-0.2, 0) is 11.3 Å². The molecule has 0 saturated carbocycles. The van der Waals surface area contributed by atoms with Gasteiger partial charge in [0.1, 0.15) is 18.0 Å². The molecule has 0 aliphatic rings. The Morgan fingerprint density at radius 3 is 2.74 bits per heavy atom. The fourth-order valence-electron chi connectivity index (χ4n) is 1.77. The zero-order chi connectivity index (χ0) is 13.5. The Kier molecular flexibility index (Phi) is 4.69. The Balaban J connectivity index is 2.18. The maximum Gasteiger partial charge on any atom is 0.135 e. The minimum atomic E-state index is 0.564. The zero-order valence-electron chi connectivity index (χ0n) is 11.2. The third-order valence-electron chi connectivity index (χ3n) is 2.60. The van der Waals surface area contributed by atoms with Crippen LogP contribution < -0.4 is 10.6 Å². The lowest BCUT2D eigenvalue weighted by Crippen LogP contribution is -2.03. The molecule has 5 nitrogen and oxygen atoms in total. The van der Waals surface area contributed by atoms with Crippen LogP contribution >= 0.6 is 0 Å². The van der Waals surface area contributed by atoms with Crippen LogP contribution in [0.25, 0.3) is 0 Å². The van der Waals surface area contributed by atoms with Gasteiger partial charge >= 0.3 is 0 Å². The Labute approximate surface area is 113 Å². The summed E-state index contributed by atoms with van der Waals surface area (Å²) in [6.45, 7) is 3.42. The molecule has 0 amide bonds. The second-order valence-electron chi connectivity index (χ2n) is 4.03. The Hall–Kier alpha value is -2.14. The summed E-state index contributed by atoms with van der Waals surface area (Å²) >= 11 is 0. The molecule has 1 heterocycles. The third kappa shape index (κ3) is 3.66. The van der Waals surface area contributed by atoms with Crippen molar-refractivity contribution in [1.82, 2.24) is 9.97 Å². The van der Waals surface area contributed by atoms with Crippen LogP contribution in [0.3, 0.4) is 0 Å². The summed E-state index contributed by atoms with van der Waals surface area (Å²) in [5, 5.41) is 6.44. The Morgan fingerprint density at radius 2 is 1.95 bits per heavy atom. The summed E-state index contributed by atoms with van der Waals surface area (Å²) < 4.78 is 5.18. The normalized spacial score (nSPS) is 10.2. The van der Waals surface area contributed by atoms with Crippen molar-refractivity contribution in [1.29, 1.82) is 0 Å². The first-order chi connectivity index (χ1) is 9.33. The molecule has 2 N–H and O–H groups in total. The van der Waals surface area contributed by atoms with Crippen LogP contribution in [0.5, 0.6) is 0 Å². The van der Waals surface area contributed by atoms with Crippen LogP contribution in [0.1, 0.15) is 12.5 Å². The van der Waals surface area contributed by atoms with Crippen molar-refractivity contribution in [2.24, 2.45) is 0 Å². The third-order valence-corrected chi connectivity index (χ3v) is 2.60. The smallest absolute Gasteiger partial charge is 0.135 e. The van der Waals surface area contributed by atoms with Crippen molar-refractivity contribution in [2.75, 3.05) is 24.3 Å². The molecule has 0 atom stereocenters. The molecule has 0 bridgehead atoms. The average molecular weight is 258 g/mol. The summed E-state index contributed by atoms with van der Waals surface area (Å²) in [6, 6.07) is 9.88. The number of para-hydroxylation sites is 1. The lowest BCUT2D eigenvalue weighted by atomic mass is 10.2. The monoisotopic (exact) mass is 258 g/mol. The summed E-state index contributed by atoms with van der Waals surface area (Å²) in [7, 11) is 1.69. The van der Waals surface area contributed by atoms with Crippen molar-refractivity contribution >= 4 is 17.3 Å². The van der Waals surface area contributed by atoms with Crippen LogP contribution in [0.4, 0.5) is 17.3 Å². The van der Waals surface area contributed by atoms with Gasteiger partial charge < -0.3 is 15.4 Å². The number of hydrogen-bond acceptors (Lipinski definition) is 5. The molecule has 2 aromatic rings. The molecule has 19 heavy (non-hydrogen) atoms. The number of nitrogens with one attached hydrogen (secondary N) is 2. The summed E-state index contributed by atoms with van der Waals surface area (Å²) in [6.07, 6.45) is 1.54. The van der Waals surface area contributed by atoms with Crippen LogP contribution in [0.2, 0.25) is 0 Å². The summed E-state index contributed by atoms with van der Waals surface area (Å²) in [4.78, 5) is 8.36. The average Bonchev–Trinajstić information content (AvgIpc) is 2.42. The van der Waals surface area contributed by atoms with Gasteiger partial charge in [0.15, 0.2) is 0 Å². The fourth-order valence-corrected chi connectivity index (χ4v) is 1.77. The van der Waals surface area contributed by atoms with E-state index in [0.29, 0.717) is 6.61 Å². The molecular formula is C14H18N4O. The van der Waals surface area contributed by atoms with E-state index in [1.54, 1.807) is 13.4 Å². The van der Waals surface area contributed by atoms with E-state index in [4.69, 9.17) is 4.74 Å². The molecule has 100 valence electrons. The predicted molar refractivity (Wildman–Crippen MR) is 76.6 cm³/mol. The molecular weight excluding hydrogens is 240 g/mol. The molecule has 1 aromatic heterocycles. The lowest BCUT2D eigenvalue weighted by molar-refractivity contribution is 0.185. The summed E-state index contributed by atoms with van der Waals surface area (Å²) in [5.74, 6) is 1.57. The van der Waals surface area contributed by atoms with Gasteiger partial charge in [-0.05, 0) is 13.0 Å². The van der Waals surface area contributed by atoms with Gasteiger partial charge in [-0.15, -0.1) is 0 Å². The largest absolute Gasteiger partial charge is 0.380 e. The summed E-state index contributed by atoms with van der Waals surface area (Å²) in [5.41, 5.74) is 2.08. The fraction of sp³-hybridized carbons (Fsp3) is 0.286. The van der Waals surface area contributed by atoms with Gasteiger partial charge in [0.2, 0.25) is 0 Å². The molecule has 0 spiro atoms. The number of methoxy groups -OCH3 is 1. The number of anilines is 3. The molecule has 0 aliphatic heterocycles. The molecule has 5 heteroatoms. The van der Waals surface area contributed by atoms with E-state index in [1.807, 2.05) is 37.3 Å². The number of benzene rings is 1. The van der Waals surface area contributed by atoms with E-state index < -0.39 is 0 Å². The van der Waals surface area contributed by atoms with Gasteiger partial charge in [0.25, 0.3) is 0 Å². The van der Waals surface area contributed by atoms with Gasteiger partial charge in [0, 0.05) is 31.0 Å². The van der Waals surface area contributed by atoms with E-state index in [-0.39, 0.29) is 0 Å². The number of nitrogens with zero attached hydrogens (tertiary/aromatic N) is 2. The highest BCUT2D eigenvalue weighted by atomic mass is 16.5. The first kappa shape index (κ1) is 13.3. The minimum absolute atomic E-state index is 0.564. The van der Waals surface area contributed by atoms with Crippen LogP contribution in [0.15, 0.2) is 36.7 Å². The van der Waals surface area contributed by atoms with Crippen molar-refractivity contribution in [3.63, 3.8) is 0 Å². The maximum atomic E-state index is 5.18.